The van der Waals surface area contributed by atoms with Crippen molar-refractivity contribution in [3.63, 3.8) is 0 Å². The number of pyridine rings is 1. The molecule has 0 saturated carbocycles. The molecule has 0 bridgehead atoms. The Morgan fingerprint density at radius 2 is 1.40 bits per heavy atom. The maximum absolute atomic E-state index is 10.3. The highest BCUT2D eigenvalue weighted by Gasteiger charge is 2.44. The lowest BCUT2D eigenvalue weighted by Crippen LogP contribution is -2.34. The molecule has 43 heavy (non-hydrogen) atoms. The molecule has 5 heteroatoms. The molecule has 1 N–H and O–H groups in total. The average molecular weight is 560 g/mol. The number of aryl methyl sites for hydroxylation is 2. The standard InChI is InChI=1S/C38H29N3O2/c1-23-10-7-11-24(2)36(23)41-37-31-18-6-4-16-29(31)28-15-3-5-17-30(28)35(37)40-38(41)26-13-8-14-27(22-26)43-33-21-20-25-12-9-19-32(42)34(25)39-33/h3-22,35,37,42H,1-2H3/t35-,37-/m0/s1. The summed E-state index contributed by atoms with van der Waals surface area (Å²) in [6.07, 6.45) is 0. The minimum Gasteiger partial charge on any atom is -0.506 e. The molecule has 2 aliphatic rings. The van der Waals surface area contributed by atoms with E-state index in [9.17, 15) is 5.11 Å². The summed E-state index contributed by atoms with van der Waals surface area (Å²) >= 11 is 0. The van der Waals surface area contributed by atoms with Gasteiger partial charge in [0.15, 0.2) is 0 Å². The van der Waals surface area contributed by atoms with E-state index in [1.165, 1.54) is 39.1 Å². The zero-order valence-corrected chi connectivity index (χ0v) is 23.9. The van der Waals surface area contributed by atoms with E-state index in [1.807, 2.05) is 42.5 Å². The number of phenolic OH excluding ortho intramolecular Hbond substituents is 1. The summed E-state index contributed by atoms with van der Waals surface area (Å²) in [7, 11) is 0. The lowest BCUT2D eigenvalue weighted by atomic mass is 9.79. The smallest absolute Gasteiger partial charge is 0.219 e. The Hall–Kier alpha value is -5.42. The van der Waals surface area contributed by atoms with Gasteiger partial charge in [-0.15, -0.1) is 0 Å². The van der Waals surface area contributed by atoms with Gasteiger partial charge in [-0.3, -0.25) is 4.99 Å². The normalized spacial score (nSPS) is 16.8. The number of para-hydroxylation sites is 2. The summed E-state index contributed by atoms with van der Waals surface area (Å²) in [6, 6.07) is 41.0. The van der Waals surface area contributed by atoms with Crippen molar-refractivity contribution in [3.05, 3.63) is 149 Å². The van der Waals surface area contributed by atoms with Crippen LogP contribution < -0.4 is 9.64 Å². The fourth-order valence-corrected chi connectivity index (χ4v) is 6.72. The van der Waals surface area contributed by atoms with E-state index >= 15 is 0 Å². The van der Waals surface area contributed by atoms with Crippen molar-refractivity contribution in [3.8, 4) is 28.5 Å². The van der Waals surface area contributed by atoms with E-state index in [4.69, 9.17) is 9.73 Å². The van der Waals surface area contributed by atoms with E-state index in [1.54, 1.807) is 6.07 Å². The van der Waals surface area contributed by atoms with Gasteiger partial charge in [-0.25, -0.2) is 4.98 Å². The number of fused-ring (bicyclic) bond motifs is 7. The second kappa shape index (κ2) is 9.85. The number of nitrogens with zero attached hydrogens (tertiary/aromatic N) is 3. The molecule has 2 heterocycles. The largest absolute Gasteiger partial charge is 0.506 e. The number of aromatic hydroxyl groups is 1. The van der Waals surface area contributed by atoms with E-state index in [0.717, 1.165) is 16.8 Å². The van der Waals surface area contributed by atoms with Gasteiger partial charge in [0, 0.05) is 22.7 Å². The van der Waals surface area contributed by atoms with Gasteiger partial charge >= 0.3 is 0 Å². The van der Waals surface area contributed by atoms with Crippen LogP contribution in [0, 0.1) is 13.8 Å². The molecule has 208 valence electrons. The maximum Gasteiger partial charge on any atom is 0.219 e. The summed E-state index contributed by atoms with van der Waals surface area (Å²) < 4.78 is 6.27. The molecule has 1 aromatic heterocycles. The highest BCUT2D eigenvalue weighted by molar-refractivity contribution is 6.13. The number of amidine groups is 1. The fraction of sp³-hybridized carbons (Fsp3) is 0.105. The molecule has 0 unspecified atom stereocenters. The SMILES string of the molecule is Cc1cccc(C)c1N1C(c2cccc(Oc3ccc4cccc(O)c4n3)c2)=N[C@H]2c3ccccc3-c3ccccc3[C@@H]21. The Bertz CT molecular complexity index is 2060. The predicted octanol–water partition coefficient (Wildman–Crippen LogP) is 9.08. The number of aromatic nitrogens is 1. The molecule has 0 spiro atoms. The monoisotopic (exact) mass is 559 g/mol. The summed E-state index contributed by atoms with van der Waals surface area (Å²) in [5, 5.41) is 11.2. The second-order valence-electron chi connectivity index (χ2n) is 11.3. The minimum absolute atomic E-state index is 0.00982. The van der Waals surface area contributed by atoms with Crippen LogP contribution in [0.3, 0.4) is 0 Å². The first kappa shape index (κ1) is 25.3. The van der Waals surface area contributed by atoms with Crippen molar-refractivity contribution in [2.75, 3.05) is 4.90 Å². The first-order valence-corrected chi connectivity index (χ1v) is 14.6. The number of ether oxygens (including phenoxy) is 1. The summed E-state index contributed by atoms with van der Waals surface area (Å²) in [5.41, 5.74) is 10.1. The van der Waals surface area contributed by atoms with Gasteiger partial charge in [-0.2, -0.15) is 0 Å². The molecular formula is C38H29N3O2. The molecule has 0 amide bonds. The van der Waals surface area contributed by atoms with Crippen LogP contribution in [-0.2, 0) is 0 Å². The van der Waals surface area contributed by atoms with Crippen LogP contribution in [0.2, 0.25) is 0 Å². The van der Waals surface area contributed by atoms with Gasteiger partial charge in [0.2, 0.25) is 5.88 Å². The maximum atomic E-state index is 10.3. The van der Waals surface area contributed by atoms with Crippen molar-refractivity contribution < 1.29 is 9.84 Å². The van der Waals surface area contributed by atoms with Gasteiger partial charge < -0.3 is 14.7 Å². The Labute approximate surface area is 250 Å². The molecule has 0 fully saturated rings. The molecule has 8 rings (SSSR count). The Balaban J connectivity index is 1.27. The molecule has 1 aliphatic carbocycles. The van der Waals surface area contributed by atoms with E-state index in [2.05, 4.69) is 96.5 Å². The third-order valence-electron chi connectivity index (χ3n) is 8.58. The minimum atomic E-state index is -0.0604. The van der Waals surface area contributed by atoms with E-state index in [-0.39, 0.29) is 17.8 Å². The van der Waals surface area contributed by atoms with Gasteiger partial charge in [-0.05, 0) is 71.5 Å². The highest BCUT2D eigenvalue weighted by atomic mass is 16.5. The van der Waals surface area contributed by atoms with Gasteiger partial charge in [0.1, 0.15) is 28.9 Å². The third kappa shape index (κ3) is 4.08. The highest BCUT2D eigenvalue weighted by Crippen LogP contribution is 2.54. The van der Waals surface area contributed by atoms with Crippen LogP contribution in [0.15, 0.2) is 126 Å². The molecule has 5 nitrogen and oxygen atoms in total. The molecule has 2 atom stereocenters. The topological polar surface area (TPSA) is 58.0 Å². The number of anilines is 1. The number of hydrogen-bond donors (Lipinski definition) is 1. The van der Waals surface area contributed by atoms with Crippen molar-refractivity contribution in [1.29, 1.82) is 0 Å². The van der Waals surface area contributed by atoms with Gasteiger partial charge in [0.25, 0.3) is 0 Å². The number of aliphatic imine (C=N–C) groups is 1. The van der Waals surface area contributed by atoms with Crippen LogP contribution in [0.25, 0.3) is 22.0 Å². The molecule has 0 saturated heterocycles. The zero-order chi connectivity index (χ0) is 29.1. The lowest BCUT2D eigenvalue weighted by Gasteiger charge is -2.37. The van der Waals surface area contributed by atoms with E-state index < -0.39 is 0 Å². The molecule has 5 aromatic carbocycles. The molecular weight excluding hydrogens is 530 g/mol. The average Bonchev–Trinajstić information content (AvgIpc) is 3.42. The fourth-order valence-electron chi connectivity index (χ4n) is 6.72. The van der Waals surface area contributed by atoms with Crippen LogP contribution in [-0.4, -0.2) is 15.9 Å². The van der Waals surface area contributed by atoms with Crippen LogP contribution in [0.4, 0.5) is 5.69 Å². The number of benzene rings is 5. The summed E-state index contributed by atoms with van der Waals surface area (Å²) in [6.45, 7) is 4.35. The first-order chi connectivity index (χ1) is 21.1. The zero-order valence-electron chi connectivity index (χ0n) is 23.9. The van der Waals surface area contributed by atoms with Crippen LogP contribution in [0.1, 0.15) is 39.9 Å². The van der Waals surface area contributed by atoms with Crippen LogP contribution >= 0.6 is 0 Å². The van der Waals surface area contributed by atoms with Crippen molar-refractivity contribution in [2.24, 2.45) is 4.99 Å². The van der Waals surface area contributed by atoms with E-state index in [0.29, 0.717) is 17.1 Å². The Morgan fingerprint density at radius 1 is 0.698 bits per heavy atom. The number of hydrogen-bond acceptors (Lipinski definition) is 5. The third-order valence-corrected chi connectivity index (χ3v) is 8.58. The quantitative estimate of drug-likeness (QED) is 0.234. The number of rotatable bonds is 4. The Morgan fingerprint density at radius 3 is 2.21 bits per heavy atom. The van der Waals surface area contributed by atoms with Crippen LogP contribution in [0.5, 0.6) is 17.4 Å². The van der Waals surface area contributed by atoms with Crippen molar-refractivity contribution in [2.45, 2.75) is 25.9 Å². The summed E-state index contributed by atoms with van der Waals surface area (Å²) in [4.78, 5) is 12.5. The van der Waals surface area contributed by atoms with Crippen molar-refractivity contribution >= 4 is 22.4 Å². The first-order valence-electron chi connectivity index (χ1n) is 14.6. The lowest BCUT2D eigenvalue weighted by molar-refractivity contribution is 0.460. The predicted molar refractivity (Wildman–Crippen MR) is 172 cm³/mol. The van der Waals surface area contributed by atoms with Gasteiger partial charge in [-0.1, -0.05) is 91.0 Å². The van der Waals surface area contributed by atoms with Crippen molar-refractivity contribution in [1.82, 2.24) is 4.98 Å². The summed E-state index contributed by atoms with van der Waals surface area (Å²) in [5.74, 6) is 2.11. The Kier molecular flexibility index (Phi) is 5.79. The number of phenols is 1. The molecule has 0 radical (unpaired) electrons. The second-order valence-corrected chi connectivity index (χ2v) is 11.3. The van der Waals surface area contributed by atoms with Gasteiger partial charge in [0.05, 0.1) is 6.04 Å². The molecule has 1 aliphatic heterocycles. The molecule has 6 aromatic rings.